The monoisotopic (exact) mass is 324 g/mol. The lowest BCUT2D eigenvalue weighted by Crippen LogP contribution is -3.15. The number of anilines is 2. The molecule has 1 aliphatic heterocycles. The van der Waals surface area contributed by atoms with Crippen molar-refractivity contribution in [2.24, 2.45) is 0 Å². The number of para-hydroxylation sites is 1. The zero-order valence-corrected chi connectivity index (χ0v) is 14.5. The summed E-state index contributed by atoms with van der Waals surface area (Å²) in [5.41, 5.74) is 4.62. The first-order valence-corrected chi connectivity index (χ1v) is 8.62. The van der Waals surface area contributed by atoms with Crippen LogP contribution in [0.4, 0.5) is 11.4 Å². The SMILES string of the molecule is Cc1ccc(NC(=O)C[NH+]2CCN(c3ccccc3)CC2)cc1C. The number of quaternary nitrogens is 1. The van der Waals surface area contributed by atoms with Crippen LogP contribution in [0.5, 0.6) is 0 Å². The Bertz CT molecular complexity index is 691. The van der Waals surface area contributed by atoms with E-state index in [1.807, 2.05) is 18.2 Å². The maximum Gasteiger partial charge on any atom is 0.279 e. The van der Waals surface area contributed by atoms with Crippen LogP contribution in [0.2, 0.25) is 0 Å². The third-order valence-electron chi connectivity index (χ3n) is 4.79. The Morgan fingerprint density at radius 1 is 1.04 bits per heavy atom. The maximum absolute atomic E-state index is 12.3. The third kappa shape index (κ3) is 4.15. The molecule has 0 bridgehead atoms. The van der Waals surface area contributed by atoms with Gasteiger partial charge in [0.15, 0.2) is 6.54 Å². The summed E-state index contributed by atoms with van der Waals surface area (Å²) in [7, 11) is 0. The van der Waals surface area contributed by atoms with Gasteiger partial charge >= 0.3 is 0 Å². The maximum atomic E-state index is 12.3. The van der Waals surface area contributed by atoms with Crippen molar-refractivity contribution in [3.63, 3.8) is 0 Å². The van der Waals surface area contributed by atoms with Crippen LogP contribution in [-0.4, -0.2) is 38.6 Å². The minimum absolute atomic E-state index is 0.0985. The Morgan fingerprint density at radius 2 is 1.75 bits per heavy atom. The van der Waals surface area contributed by atoms with Gasteiger partial charge in [-0.1, -0.05) is 24.3 Å². The molecule has 2 aromatic carbocycles. The van der Waals surface area contributed by atoms with Gasteiger partial charge in [0, 0.05) is 11.4 Å². The van der Waals surface area contributed by atoms with E-state index in [4.69, 9.17) is 0 Å². The van der Waals surface area contributed by atoms with Crippen LogP contribution in [0, 0.1) is 13.8 Å². The number of amides is 1. The number of aryl methyl sites for hydroxylation is 2. The highest BCUT2D eigenvalue weighted by Gasteiger charge is 2.22. The molecule has 126 valence electrons. The number of carbonyl (C=O) groups excluding carboxylic acids is 1. The van der Waals surface area contributed by atoms with E-state index >= 15 is 0 Å². The lowest BCUT2D eigenvalue weighted by atomic mass is 10.1. The van der Waals surface area contributed by atoms with Gasteiger partial charge in [-0.15, -0.1) is 0 Å². The van der Waals surface area contributed by atoms with E-state index in [0.717, 1.165) is 31.9 Å². The van der Waals surface area contributed by atoms with Crippen LogP contribution in [0.1, 0.15) is 11.1 Å². The number of carbonyl (C=O) groups is 1. The topological polar surface area (TPSA) is 36.8 Å². The van der Waals surface area contributed by atoms with Crippen molar-refractivity contribution in [2.45, 2.75) is 13.8 Å². The quantitative estimate of drug-likeness (QED) is 0.897. The summed E-state index contributed by atoms with van der Waals surface area (Å²) in [6.07, 6.45) is 0. The summed E-state index contributed by atoms with van der Waals surface area (Å²) in [5.74, 6) is 0.0985. The van der Waals surface area contributed by atoms with Crippen molar-refractivity contribution < 1.29 is 9.69 Å². The van der Waals surface area contributed by atoms with E-state index in [1.165, 1.54) is 21.7 Å². The van der Waals surface area contributed by atoms with E-state index in [9.17, 15) is 4.79 Å². The first kappa shape index (κ1) is 16.5. The van der Waals surface area contributed by atoms with Gasteiger partial charge in [-0.05, 0) is 49.2 Å². The van der Waals surface area contributed by atoms with E-state index in [2.05, 4.69) is 54.4 Å². The van der Waals surface area contributed by atoms with Gasteiger partial charge in [0.25, 0.3) is 5.91 Å². The molecule has 2 aromatic rings. The molecule has 0 aliphatic carbocycles. The molecule has 1 fully saturated rings. The zero-order chi connectivity index (χ0) is 16.9. The van der Waals surface area contributed by atoms with Crippen molar-refractivity contribution >= 4 is 17.3 Å². The highest BCUT2D eigenvalue weighted by molar-refractivity contribution is 5.91. The minimum Gasteiger partial charge on any atom is -0.360 e. The van der Waals surface area contributed by atoms with E-state index in [1.54, 1.807) is 0 Å². The van der Waals surface area contributed by atoms with Crippen LogP contribution in [0.15, 0.2) is 48.5 Å². The molecule has 3 rings (SSSR count). The van der Waals surface area contributed by atoms with Gasteiger partial charge in [0.05, 0.1) is 26.2 Å². The Balaban J connectivity index is 1.49. The normalized spacial score (nSPS) is 15.3. The molecule has 0 unspecified atom stereocenters. The Hall–Kier alpha value is -2.33. The van der Waals surface area contributed by atoms with Gasteiger partial charge < -0.3 is 15.1 Å². The van der Waals surface area contributed by atoms with Crippen LogP contribution >= 0.6 is 0 Å². The van der Waals surface area contributed by atoms with Crippen molar-refractivity contribution in [3.8, 4) is 0 Å². The smallest absolute Gasteiger partial charge is 0.279 e. The number of nitrogens with zero attached hydrogens (tertiary/aromatic N) is 1. The summed E-state index contributed by atoms with van der Waals surface area (Å²) in [4.78, 5) is 16.0. The summed E-state index contributed by atoms with van der Waals surface area (Å²) < 4.78 is 0. The molecular formula is C20H26N3O+. The third-order valence-corrected chi connectivity index (χ3v) is 4.79. The molecule has 2 N–H and O–H groups in total. The van der Waals surface area contributed by atoms with Gasteiger partial charge in [-0.25, -0.2) is 0 Å². The molecule has 0 spiro atoms. The molecule has 0 aromatic heterocycles. The van der Waals surface area contributed by atoms with Crippen LogP contribution in [-0.2, 0) is 4.79 Å². The Morgan fingerprint density at radius 3 is 2.42 bits per heavy atom. The molecular weight excluding hydrogens is 298 g/mol. The molecule has 24 heavy (non-hydrogen) atoms. The van der Waals surface area contributed by atoms with Gasteiger partial charge in [0.2, 0.25) is 0 Å². The standard InChI is InChI=1S/C20H25N3O/c1-16-8-9-18(14-17(16)2)21-20(24)15-22-10-12-23(13-11-22)19-6-4-3-5-7-19/h3-9,14H,10-13,15H2,1-2H3,(H,21,24)/p+1. The van der Waals surface area contributed by atoms with E-state index in [-0.39, 0.29) is 5.91 Å². The second-order valence-electron chi connectivity index (χ2n) is 6.60. The minimum atomic E-state index is 0.0985. The first-order chi connectivity index (χ1) is 11.6. The molecule has 0 atom stereocenters. The molecule has 1 amide bonds. The number of benzene rings is 2. The second-order valence-corrected chi connectivity index (χ2v) is 6.60. The number of hydrogen-bond donors (Lipinski definition) is 2. The largest absolute Gasteiger partial charge is 0.360 e. The molecule has 1 aliphatic rings. The van der Waals surface area contributed by atoms with Crippen LogP contribution < -0.4 is 15.1 Å². The molecule has 1 saturated heterocycles. The summed E-state index contributed by atoms with van der Waals surface area (Å²) in [6.45, 7) is 8.67. The predicted molar refractivity (Wildman–Crippen MR) is 98.8 cm³/mol. The average Bonchev–Trinajstić information content (AvgIpc) is 2.59. The summed E-state index contributed by atoms with van der Waals surface area (Å²) in [5, 5.41) is 3.03. The summed E-state index contributed by atoms with van der Waals surface area (Å²) >= 11 is 0. The van der Waals surface area contributed by atoms with E-state index in [0.29, 0.717) is 6.54 Å². The molecule has 4 heteroatoms. The number of nitrogens with one attached hydrogen (secondary N) is 2. The highest BCUT2D eigenvalue weighted by Crippen LogP contribution is 2.14. The zero-order valence-electron chi connectivity index (χ0n) is 14.5. The van der Waals surface area contributed by atoms with Gasteiger partial charge in [-0.3, -0.25) is 4.79 Å². The number of hydrogen-bond acceptors (Lipinski definition) is 2. The van der Waals surface area contributed by atoms with Crippen molar-refractivity contribution in [2.75, 3.05) is 42.9 Å². The number of piperazine rings is 1. The number of rotatable bonds is 4. The highest BCUT2D eigenvalue weighted by atomic mass is 16.2. The summed E-state index contributed by atoms with van der Waals surface area (Å²) in [6, 6.07) is 16.6. The fourth-order valence-corrected chi connectivity index (χ4v) is 3.15. The van der Waals surface area contributed by atoms with Crippen molar-refractivity contribution in [1.82, 2.24) is 0 Å². The van der Waals surface area contributed by atoms with Gasteiger partial charge in [-0.2, -0.15) is 0 Å². The lowest BCUT2D eigenvalue weighted by Gasteiger charge is -2.33. The van der Waals surface area contributed by atoms with Gasteiger partial charge in [0.1, 0.15) is 0 Å². The average molecular weight is 324 g/mol. The molecule has 0 radical (unpaired) electrons. The Labute approximate surface area is 144 Å². The molecule has 1 heterocycles. The fourth-order valence-electron chi connectivity index (χ4n) is 3.15. The van der Waals surface area contributed by atoms with Crippen molar-refractivity contribution in [3.05, 3.63) is 59.7 Å². The predicted octanol–water partition coefficient (Wildman–Crippen LogP) is 1.65. The fraction of sp³-hybridized carbons (Fsp3) is 0.350. The van der Waals surface area contributed by atoms with E-state index < -0.39 is 0 Å². The van der Waals surface area contributed by atoms with Crippen molar-refractivity contribution in [1.29, 1.82) is 0 Å². The second kappa shape index (κ2) is 7.49. The molecule has 4 nitrogen and oxygen atoms in total. The van der Waals surface area contributed by atoms with Crippen LogP contribution in [0.3, 0.4) is 0 Å². The first-order valence-electron chi connectivity index (χ1n) is 8.62. The lowest BCUT2D eigenvalue weighted by molar-refractivity contribution is -0.892. The van der Waals surface area contributed by atoms with Crippen LogP contribution in [0.25, 0.3) is 0 Å². The Kier molecular flexibility index (Phi) is 5.16. The molecule has 0 saturated carbocycles.